The van der Waals surface area contributed by atoms with Gasteiger partial charge in [0, 0.05) is 12.6 Å². The van der Waals surface area contributed by atoms with Crippen LogP contribution < -0.4 is 5.32 Å². The van der Waals surface area contributed by atoms with E-state index in [0.717, 1.165) is 5.92 Å². The van der Waals surface area contributed by atoms with Crippen LogP contribution in [0.2, 0.25) is 0 Å². The van der Waals surface area contributed by atoms with E-state index in [1.54, 1.807) is 0 Å². The zero-order chi connectivity index (χ0) is 13.2. The maximum atomic E-state index is 3.49. The predicted octanol–water partition coefficient (Wildman–Crippen LogP) is 3.67. The van der Waals surface area contributed by atoms with Gasteiger partial charge in [0.15, 0.2) is 0 Å². The molecule has 0 amide bonds. The van der Waals surface area contributed by atoms with Gasteiger partial charge in [-0.05, 0) is 51.7 Å². The first-order valence-corrected chi connectivity index (χ1v) is 8.10. The molecule has 0 aromatic heterocycles. The maximum absolute atomic E-state index is 3.49. The Morgan fingerprint density at radius 1 is 1.06 bits per heavy atom. The third-order valence-corrected chi connectivity index (χ3v) is 4.06. The molecule has 1 saturated carbocycles. The van der Waals surface area contributed by atoms with Crippen molar-refractivity contribution in [1.82, 2.24) is 10.2 Å². The minimum atomic E-state index is 0.638. The molecule has 0 aromatic rings. The summed E-state index contributed by atoms with van der Waals surface area (Å²) < 4.78 is 0. The van der Waals surface area contributed by atoms with E-state index in [9.17, 15) is 0 Å². The van der Waals surface area contributed by atoms with E-state index in [1.807, 2.05) is 0 Å². The first-order valence-electron chi connectivity index (χ1n) is 8.10. The summed E-state index contributed by atoms with van der Waals surface area (Å²) in [5, 5.41) is 3.49. The molecule has 0 saturated heterocycles. The molecular formula is C16H34N2. The van der Waals surface area contributed by atoms with Crippen molar-refractivity contribution in [3.63, 3.8) is 0 Å². The van der Waals surface area contributed by atoms with Crippen LogP contribution in [-0.2, 0) is 0 Å². The van der Waals surface area contributed by atoms with Gasteiger partial charge in [0.05, 0.1) is 0 Å². The second-order valence-corrected chi connectivity index (χ2v) is 6.44. The van der Waals surface area contributed by atoms with Crippen LogP contribution in [0.3, 0.4) is 0 Å². The Hall–Kier alpha value is -0.0800. The van der Waals surface area contributed by atoms with Crippen molar-refractivity contribution in [2.45, 2.75) is 71.3 Å². The Morgan fingerprint density at radius 2 is 1.78 bits per heavy atom. The molecule has 0 aromatic carbocycles. The molecule has 0 spiro atoms. The number of hydrogen-bond acceptors (Lipinski definition) is 2. The number of nitrogens with zero attached hydrogens (tertiary/aromatic N) is 1. The van der Waals surface area contributed by atoms with Gasteiger partial charge >= 0.3 is 0 Å². The average molecular weight is 254 g/mol. The molecule has 1 aliphatic carbocycles. The van der Waals surface area contributed by atoms with Gasteiger partial charge in [-0.2, -0.15) is 0 Å². The molecule has 0 bridgehead atoms. The van der Waals surface area contributed by atoms with Crippen molar-refractivity contribution < 1.29 is 0 Å². The molecule has 0 aliphatic heterocycles. The number of unbranched alkanes of at least 4 members (excludes halogenated alkanes) is 2. The molecular weight excluding hydrogens is 220 g/mol. The summed E-state index contributed by atoms with van der Waals surface area (Å²) in [6, 6.07) is 0.638. The van der Waals surface area contributed by atoms with E-state index >= 15 is 0 Å². The van der Waals surface area contributed by atoms with Crippen LogP contribution in [0.1, 0.15) is 65.2 Å². The first-order chi connectivity index (χ1) is 8.68. The van der Waals surface area contributed by atoms with Crippen molar-refractivity contribution in [2.75, 3.05) is 26.7 Å². The highest BCUT2D eigenvalue weighted by Gasteiger charge is 2.14. The zero-order valence-electron chi connectivity index (χ0n) is 12.9. The lowest BCUT2D eigenvalue weighted by Gasteiger charge is -2.27. The molecule has 0 unspecified atom stereocenters. The van der Waals surface area contributed by atoms with Gasteiger partial charge in [-0.15, -0.1) is 0 Å². The van der Waals surface area contributed by atoms with Crippen molar-refractivity contribution in [1.29, 1.82) is 0 Å². The molecule has 1 aliphatic rings. The van der Waals surface area contributed by atoms with E-state index in [4.69, 9.17) is 0 Å². The Labute approximate surface area is 115 Å². The summed E-state index contributed by atoms with van der Waals surface area (Å²) in [7, 11) is 2.31. The lowest BCUT2D eigenvalue weighted by atomic mass is 9.89. The van der Waals surface area contributed by atoms with Crippen LogP contribution in [0.15, 0.2) is 0 Å². The molecule has 1 fully saturated rings. The topological polar surface area (TPSA) is 15.3 Å². The summed E-state index contributed by atoms with van der Waals surface area (Å²) in [5.41, 5.74) is 0. The monoisotopic (exact) mass is 254 g/mol. The summed E-state index contributed by atoms with van der Waals surface area (Å²) in [4.78, 5) is 2.56. The Balaban J connectivity index is 1.91. The largest absolute Gasteiger partial charge is 0.315 e. The molecule has 18 heavy (non-hydrogen) atoms. The standard InChI is InChI=1S/C16H34N2/c1-15(2)17-12-8-5-9-13-18(3)14-16-10-6-4-7-11-16/h15-17H,4-14H2,1-3H3. The van der Waals surface area contributed by atoms with E-state index in [1.165, 1.54) is 71.0 Å². The average Bonchev–Trinajstić information content (AvgIpc) is 2.34. The number of nitrogens with one attached hydrogen (secondary N) is 1. The normalized spacial score (nSPS) is 17.8. The van der Waals surface area contributed by atoms with Crippen LogP contribution in [0.25, 0.3) is 0 Å². The van der Waals surface area contributed by atoms with Crippen molar-refractivity contribution in [2.24, 2.45) is 5.92 Å². The predicted molar refractivity (Wildman–Crippen MR) is 81.1 cm³/mol. The SMILES string of the molecule is CC(C)NCCCCCN(C)CC1CCCCC1. The Morgan fingerprint density at radius 3 is 2.44 bits per heavy atom. The highest BCUT2D eigenvalue weighted by Crippen LogP contribution is 2.24. The molecule has 1 rings (SSSR count). The lowest BCUT2D eigenvalue weighted by molar-refractivity contribution is 0.230. The molecule has 2 heteroatoms. The van der Waals surface area contributed by atoms with Gasteiger partial charge in [0.1, 0.15) is 0 Å². The van der Waals surface area contributed by atoms with Gasteiger partial charge < -0.3 is 10.2 Å². The first kappa shape index (κ1) is 16.0. The van der Waals surface area contributed by atoms with Gasteiger partial charge in [-0.1, -0.05) is 39.5 Å². The van der Waals surface area contributed by atoms with Crippen LogP contribution in [0.4, 0.5) is 0 Å². The van der Waals surface area contributed by atoms with E-state index in [0.29, 0.717) is 6.04 Å². The zero-order valence-corrected chi connectivity index (χ0v) is 12.9. The van der Waals surface area contributed by atoms with Crippen molar-refractivity contribution >= 4 is 0 Å². The quantitative estimate of drug-likeness (QED) is 0.632. The minimum absolute atomic E-state index is 0.638. The minimum Gasteiger partial charge on any atom is -0.315 e. The van der Waals surface area contributed by atoms with Gasteiger partial charge in [-0.3, -0.25) is 0 Å². The highest BCUT2D eigenvalue weighted by molar-refractivity contribution is 4.69. The lowest BCUT2D eigenvalue weighted by Crippen LogP contribution is -2.28. The summed E-state index contributed by atoms with van der Waals surface area (Å²) >= 11 is 0. The summed E-state index contributed by atoms with van der Waals surface area (Å²) in [6.07, 6.45) is 11.4. The molecule has 0 atom stereocenters. The van der Waals surface area contributed by atoms with E-state index in [2.05, 4.69) is 31.1 Å². The van der Waals surface area contributed by atoms with Crippen LogP contribution in [0, 0.1) is 5.92 Å². The van der Waals surface area contributed by atoms with Crippen molar-refractivity contribution in [3.05, 3.63) is 0 Å². The second kappa shape index (κ2) is 9.80. The summed E-state index contributed by atoms with van der Waals surface area (Å²) in [5.74, 6) is 0.992. The fourth-order valence-electron chi connectivity index (χ4n) is 2.98. The third-order valence-electron chi connectivity index (χ3n) is 4.06. The number of rotatable bonds is 9. The van der Waals surface area contributed by atoms with Crippen molar-refractivity contribution in [3.8, 4) is 0 Å². The van der Waals surface area contributed by atoms with Gasteiger partial charge in [0.25, 0.3) is 0 Å². The fourth-order valence-corrected chi connectivity index (χ4v) is 2.98. The highest BCUT2D eigenvalue weighted by atomic mass is 15.1. The summed E-state index contributed by atoms with van der Waals surface area (Å²) in [6.45, 7) is 8.25. The molecule has 0 heterocycles. The molecule has 108 valence electrons. The van der Waals surface area contributed by atoms with Gasteiger partial charge in [-0.25, -0.2) is 0 Å². The van der Waals surface area contributed by atoms with Crippen LogP contribution >= 0.6 is 0 Å². The Kier molecular flexibility index (Phi) is 8.70. The smallest absolute Gasteiger partial charge is 0.00103 e. The molecule has 2 nitrogen and oxygen atoms in total. The van der Waals surface area contributed by atoms with E-state index in [-0.39, 0.29) is 0 Å². The van der Waals surface area contributed by atoms with E-state index < -0.39 is 0 Å². The second-order valence-electron chi connectivity index (χ2n) is 6.44. The fraction of sp³-hybridized carbons (Fsp3) is 1.00. The molecule has 1 N–H and O–H groups in total. The third kappa shape index (κ3) is 8.10. The van der Waals surface area contributed by atoms with Crippen LogP contribution in [0.5, 0.6) is 0 Å². The van der Waals surface area contributed by atoms with Gasteiger partial charge in [0.2, 0.25) is 0 Å². The Bertz CT molecular complexity index is 186. The number of hydrogen-bond donors (Lipinski definition) is 1. The van der Waals surface area contributed by atoms with Crippen LogP contribution in [-0.4, -0.2) is 37.6 Å². The maximum Gasteiger partial charge on any atom is 0.00103 e. The molecule has 0 radical (unpaired) electrons.